The smallest absolute Gasteiger partial charge is 0.317 e. The van der Waals surface area contributed by atoms with Gasteiger partial charge in [-0.3, -0.25) is 9.59 Å². The van der Waals surface area contributed by atoms with Gasteiger partial charge in [-0.05, 0) is 74.2 Å². The molecular formula is C44H58O9. The lowest BCUT2D eigenvalue weighted by Crippen LogP contribution is -2.58. The first-order valence-corrected chi connectivity index (χ1v) is 20.0. The minimum Gasteiger partial charge on any atom is -0.462 e. The number of aliphatic hydroxyl groups is 2. The van der Waals surface area contributed by atoms with E-state index in [1.807, 2.05) is 56.3 Å². The second-order valence-electron chi connectivity index (χ2n) is 16.7. The monoisotopic (exact) mass is 730 g/mol. The fraction of sp³-hybridized carbons (Fsp3) is 0.636. The van der Waals surface area contributed by atoms with Gasteiger partial charge < -0.3 is 33.9 Å². The number of hydrogen-bond donors (Lipinski definition) is 2. The number of carbonyl (C=O) groups is 2. The highest BCUT2D eigenvalue weighted by Crippen LogP contribution is 2.48. The summed E-state index contributed by atoms with van der Waals surface area (Å²) >= 11 is 0. The lowest BCUT2D eigenvalue weighted by atomic mass is 9.71. The molecule has 1 saturated carbocycles. The lowest BCUT2D eigenvalue weighted by Gasteiger charge is -2.50. The molecule has 0 unspecified atom stereocenters. The molecule has 4 fully saturated rings. The van der Waals surface area contributed by atoms with Crippen LogP contribution in [0, 0.1) is 17.8 Å². The van der Waals surface area contributed by atoms with E-state index in [-0.39, 0.29) is 30.7 Å². The molecule has 7 rings (SSSR count). The average Bonchev–Trinajstić information content (AvgIpc) is 3.78. The molecule has 9 heteroatoms. The van der Waals surface area contributed by atoms with Crippen LogP contribution in [-0.2, 0) is 38.7 Å². The Bertz CT molecular complexity index is 1640. The maximum atomic E-state index is 14.4. The number of allylic oxidation sites excluding steroid dienone is 2. The van der Waals surface area contributed by atoms with Gasteiger partial charge in [0.2, 0.25) is 0 Å². The van der Waals surface area contributed by atoms with Crippen LogP contribution >= 0.6 is 0 Å². The van der Waals surface area contributed by atoms with Crippen LogP contribution < -0.4 is 0 Å². The number of fused-ring (bicyclic) bond motifs is 2. The summed E-state index contributed by atoms with van der Waals surface area (Å²) in [5, 5.41) is 23.5. The highest BCUT2D eigenvalue weighted by atomic mass is 16.7. The van der Waals surface area contributed by atoms with Crippen molar-refractivity contribution in [2.45, 2.75) is 152 Å². The summed E-state index contributed by atoms with van der Waals surface area (Å²) in [5.41, 5.74) is 0.450. The van der Waals surface area contributed by atoms with Gasteiger partial charge in [0.05, 0.1) is 24.2 Å². The number of esters is 2. The minimum atomic E-state index is -1.81. The van der Waals surface area contributed by atoms with Crippen LogP contribution in [-0.4, -0.2) is 76.8 Å². The SMILES string of the molecule is CC[C@H]1O[C@]2(CC[C@@H]1C)C[C@@H]1C[C@@H](C/C=C(\C)[C@H](OC(=O)C3(c4ccccc4)CCCC3)[C@@H](C)/C=C/C=C3\CO[C@@H]4[C@H](O)C(C)=C[C@@H](C(=O)O1)[C@]34O)O2. The summed E-state index contributed by atoms with van der Waals surface area (Å²) in [5.74, 6) is -2.60. The number of benzene rings is 1. The van der Waals surface area contributed by atoms with E-state index in [0.717, 1.165) is 49.7 Å². The molecule has 1 spiro atoms. The van der Waals surface area contributed by atoms with Crippen molar-refractivity contribution in [3.8, 4) is 0 Å². The average molecular weight is 731 g/mol. The molecule has 2 aliphatic carbocycles. The summed E-state index contributed by atoms with van der Waals surface area (Å²) in [6.45, 7) is 10.2. The van der Waals surface area contributed by atoms with E-state index in [4.69, 9.17) is 23.7 Å². The highest BCUT2D eigenvalue weighted by Gasteiger charge is 2.60. The van der Waals surface area contributed by atoms with Crippen LogP contribution in [0.3, 0.4) is 0 Å². The maximum absolute atomic E-state index is 14.4. The first-order valence-electron chi connectivity index (χ1n) is 20.0. The maximum Gasteiger partial charge on any atom is 0.317 e. The number of aliphatic hydroxyl groups excluding tert-OH is 1. The quantitative estimate of drug-likeness (QED) is 0.250. The second kappa shape index (κ2) is 15.2. The van der Waals surface area contributed by atoms with Gasteiger partial charge in [0.1, 0.15) is 35.9 Å². The number of rotatable bonds is 4. The Balaban J connectivity index is 1.27. The van der Waals surface area contributed by atoms with Crippen molar-refractivity contribution in [3.05, 3.63) is 83.0 Å². The summed E-state index contributed by atoms with van der Waals surface area (Å²) in [6, 6.07) is 10.0. The third kappa shape index (κ3) is 7.13. The third-order valence-corrected chi connectivity index (χ3v) is 13.1. The van der Waals surface area contributed by atoms with Gasteiger partial charge in [0.25, 0.3) is 0 Å². The first-order chi connectivity index (χ1) is 25.4. The third-order valence-electron chi connectivity index (χ3n) is 13.1. The fourth-order valence-electron chi connectivity index (χ4n) is 9.94. The Kier molecular flexibility index (Phi) is 11.0. The van der Waals surface area contributed by atoms with Gasteiger partial charge in [0.15, 0.2) is 5.79 Å². The largest absolute Gasteiger partial charge is 0.462 e. The van der Waals surface area contributed by atoms with Gasteiger partial charge in [-0.15, -0.1) is 0 Å². The van der Waals surface area contributed by atoms with Gasteiger partial charge in [-0.2, -0.15) is 0 Å². The van der Waals surface area contributed by atoms with Crippen molar-refractivity contribution in [1.29, 1.82) is 0 Å². The van der Waals surface area contributed by atoms with Crippen molar-refractivity contribution in [2.24, 2.45) is 17.8 Å². The molecule has 53 heavy (non-hydrogen) atoms. The zero-order chi connectivity index (χ0) is 37.5. The van der Waals surface area contributed by atoms with Gasteiger partial charge >= 0.3 is 11.9 Å². The van der Waals surface area contributed by atoms with E-state index in [9.17, 15) is 19.8 Å². The summed E-state index contributed by atoms with van der Waals surface area (Å²) in [7, 11) is 0. The van der Waals surface area contributed by atoms with Crippen molar-refractivity contribution in [1.82, 2.24) is 0 Å². The van der Waals surface area contributed by atoms with E-state index < -0.39 is 53.1 Å². The summed E-state index contributed by atoms with van der Waals surface area (Å²) < 4.78 is 32.5. The van der Waals surface area contributed by atoms with E-state index in [2.05, 4.69) is 19.9 Å². The molecule has 288 valence electrons. The lowest BCUT2D eigenvalue weighted by molar-refractivity contribution is -0.335. The van der Waals surface area contributed by atoms with Gasteiger partial charge in [-0.1, -0.05) is 94.3 Å². The molecule has 11 atom stereocenters. The number of ether oxygens (including phenoxy) is 5. The predicted octanol–water partition coefficient (Wildman–Crippen LogP) is 6.96. The van der Waals surface area contributed by atoms with Gasteiger partial charge in [0, 0.05) is 25.2 Å². The molecule has 6 aliphatic rings. The Labute approximate surface area is 314 Å². The molecule has 0 aromatic heterocycles. The molecule has 4 heterocycles. The summed E-state index contributed by atoms with van der Waals surface area (Å²) in [4.78, 5) is 28.6. The first kappa shape index (κ1) is 38.2. The fourth-order valence-corrected chi connectivity index (χ4v) is 9.94. The molecule has 2 N–H and O–H groups in total. The molecule has 9 nitrogen and oxygen atoms in total. The van der Waals surface area contributed by atoms with Crippen LogP contribution in [0.15, 0.2) is 77.4 Å². The van der Waals surface area contributed by atoms with E-state index >= 15 is 0 Å². The molecule has 1 aromatic carbocycles. The van der Waals surface area contributed by atoms with Crippen LogP contribution in [0.1, 0.15) is 104 Å². The molecule has 0 radical (unpaired) electrons. The second-order valence-corrected chi connectivity index (χ2v) is 16.7. The van der Waals surface area contributed by atoms with Crippen LogP contribution in [0.5, 0.6) is 0 Å². The van der Waals surface area contributed by atoms with Crippen molar-refractivity contribution >= 4 is 11.9 Å². The van der Waals surface area contributed by atoms with Gasteiger partial charge in [-0.25, -0.2) is 0 Å². The number of hydrogen-bond acceptors (Lipinski definition) is 9. The highest BCUT2D eigenvalue weighted by molar-refractivity contribution is 5.84. The Morgan fingerprint density at radius 3 is 2.51 bits per heavy atom. The van der Waals surface area contributed by atoms with Crippen LogP contribution in [0.25, 0.3) is 0 Å². The number of carbonyl (C=O) groups excluding carboxylic acids is 2. The zero-order valence-corrected chi connectivity index (χ0v) is 32.0. The molecule has 1 aromatic rings. The Morgan fingerprint density at radius 1 is 1.02 bits per heavy atom. The van der Waals surface area contributed by atoms with Crippen molar-refractivity contribution < 1.29 is 43.5 Å². The molecule has 4 aliphatic heterocycles. The van der Waals surface area contributed by atoms with E-state index in [1.54, 1.807) is 19.1 Å². The predicted molar refractivity (Wildman–Crippen MR) is 199 cm³/mol. The molecular weight excluding hydrogens is 672 g/mol. The Morgan fingerprint density at radius 2 is 1.77 bits per heavy atom. The van der Waals surface area contributed by atoms with Crippen LogP contribution in [0.4, 0.5) is 0 Å². The zero-order valence-electron chi connectivity index (χ0n) is 32.0. The molecule has 3 saturated heterocycles. The van der Waals surface area contributed by atoms with E-state index in [0.29, 0.717) is 42.7 Å². The minimum absolute atomic E-state index is 0.0214. The Hall–Kier alpha value is -3.08. The molecule has 2 bridgehead atoms. The van der Waals surface area contributed by atoms with E-state index in [1.165, 1.54) is 0 Å². The topological polar surface area (TPSA) is 121 Å². The van der Waals surface area contributed by atoms with Crippen LogP contribution in [0.2, 0.25) is 0 Å². The summed E-state index contributed by atoms with van der Waals surface area (Å²) in [6.07, 6.45) is 13.1. The molecule has 0 amide bonds. The normalized spacial score (nSPS) is 42.7. The van der Waals surface area contributed by atoms with Crippen molar-refractivity contribution in [3.63, 3.8) is 0 Å². The standard InChI is InChI=1S/C44H58O9/c1-6-36-27(2)19-22-43(53-36)25-34-24-33(52-43)18-17-29(4)38(51-41(47)42(20-10-11-21-42)31-14-8-7-9-15-31)28(3)13-12-16-32-26-49-39-37(45)30(5)23-35(40(46)50-34)44(32,39)48/h7-9,12-17,23,27-28,33-39,45,48H,6,10-11,18-22,24-26H2,1-5H3/b13-12+,29-17+,32-16+/t27-,28-,33+,34-,35-,36+,37+,38+,39+,43+,44+/m0/s1. The van der Waals surface area contributed by atoms with Crippen molar-refractivity contribution in [2.75, 3.05) is 6.61 Å².